The minimum absolute atomic E-state index is 0.0551. The van der Waals surface area contributed by atoms with Crippen molar-refractivity contribution in [3.8, 4) is 11.3 Å². The zero-order chi connectivity index (χ0) is 25.3. The van der Waals surface area contributed by atoms with Crippen LogP contribution in [0.4, 0.5) is 5.69 Å². The third-order valence-corrected chi connectivity index (χ3v) is 7.37. The fourth-order valence-corrected chi connectivity index (χ4v) is 4.52. The first-order chi connectivity index (χ1) is 16.8. The van der Waals surface area contributed by atoms with Crippen LogP contribution in [-0.4, -0.2) is 31.6 Å². The van der Waals surface area contributed by atoms with E-state index in [2.05, 4.69) is 22.5 Å². The van der Waals surface area contributed by atoms with E-state index in [4.69, 9.17) is 11.6 Å². The third kappa shape index (κ3) is 7.53. The molecule has 0 spiro atoms. The summed E-state index contributed by atoms with van der Waals surface area (Å²) in [6, 6.07) is 16.6. The summed E-state index contributed by atoms with van der Waals surface area (Å²) in [4.78, 5) is 17.2. The number of hydrogen-bond donors (Lipinski definition) is 2. The molecule has 0 bridgehead atoms. The summed E-state index contributed by atoms with van der Waals surface area (Å²) in [6.07, 6.45) is 8.22. The topological polar surface area (TPSA) is 88.2 Å². The van der Waals surface area contributed by atoms with Gasteiger partial charge in [-0.15, -0.1) is 0 Å². The standard InChI is InChI=1S/C27H28ClN3O3S/c1-3-20(2)7-6-15-29-17-18-35(33,34)23-12-9-21(10-13-23)27(32)31-22-11-14-25(28)24(19-22)26-8-4-5-16-30-26/h4-16,19,29H,3,17-18H2,1-2H3,(H,31,32)/b15-6-,20-7+. The number of benzene rings is 2. The monoisotopic (exact) mass is 509 g/mol. The number of amides is 1. The summed E-state index contributed by atoms with van der Waals surface area (Å²) in [5.41, 5.74) is 3.54. The van der Waals surface area contributed by atoms with Gasteiger partial charge in [0.15, 0.2) is 9.84 Å². The molecule has 1 amide bonds. The number of halogens is 1. The van der Waals surface area contributed by atoms with E-state index in [-0.39, 0.29) is 23.1 Å². The van der Waals surface area contributed by atoms with Crippen molar-refractivity contribution in [3.63, 3.8) is 0 Å². The number of rotatable bonds is 10. The van der Waals surface area contributed by atoms with E-state index in [1.807, 2.05) is 37.3 Å². The Kier molecular flexibility index (Phi) is 9.23. The van der Waals surface area contributed by atoms with E-state index in [9.17, 15) is 13.2 Å². The number of sulfone groups is 1. The van der Waals surface area contributed by atoms with Crippen LogP contribution in [0.3, 0.4) is 0 Å². The molecule has 0 unspecified atom stereocenters. The van der Waals surface area contributed by atoms with Gasteiger partial charge in [-0.2, -0.15) is 0 Å². The van der Waals surface area contributed by atoms with Crippen molar-refractivity contribution < 1.29 is 13.2 Å². The first-order valence-corrected chi connectivity index (χ1v) is 13.2. The van der Waals surface area contributed by atoms with Crippen molar-refractivity contribution in [1.82, 2.24) is 10.3 Å². The summed E-state index contributed by atoms with van der Waals surface area (Å²) in [6.45, 7) is 4.40. The highest BCUT2D eigenvalue weighted by molar-refractivity contribution is 7.91. The van der Waals surface area contributed by atoms with Crippen LogP contribution in [0.15, 0.2) is 95.7 Å². The molecule has 0 fully saturated rings. The Morgan fingerprint density at radius 2 is 1.86 bits per heavy atom. The highest BCUT2D eigenvalue weighted by Gasteiger charge is 2.15. The average Bonchev–Trinajstić information content (AvgIpc) is 2.87. The fraction of sp³-hybridized carbons (Fsp3) is 0.185. The lowest BCUT2D eigenvalue weighted by molar-refractivity contribution is 0.102. The molecule has 3 rings (SSSR count). The van der Waals surface area contributed by atoms with Gasteiger partial charge in [0, 0.05) is 29.6 Å². The molecule has 8 heteroatoms. The van der Waals surface area contributed by atoms with E-state index < -0.39 is 9.84 Å². The molecule has 0 saturated heterocycles. The van der Waals surface area contributed by atoms with E-state index in [1.54, 1.807) is 30.6 Å². The van der Waals surface area contributed by atoms with Crippen LogP contribution in [0.5, 0.6) is 0 Å². The van der Waals surface area contributed by atoms with Gasteiger partial charge in [0.1, 0.15) is 0 Å². The summed E-state index contributed by atoms with van der Waals surface area (Å²) in [7, 11) is -3.48. The van der Waals surface area contributed by atoms with Crippen LogP contribution < -0.4 is 10.6 Å². The van der Waals surface area contributed by atoms with Gasteiger partial charge in [-0.1, -0.05) is 36.2 Å². The minimum Gasteiger partial charge on any atom is -0.390 e. The molecular weight excluding hydrogens is 482 g/mol. The zero-order valence-electron chi connectivity index (χ0n) is 19.7. The van der Waals surface area contributed by atoms with Crippen LogP contribution in [0.2, 0.25) is 5.02 Å². The van der Waals surface area contributed by atoms with Gasteiger partial charge in [0.05, 0.1) is 21.4 Å². The highest BCUT2D eigenvalue weighted by atomic mass is 35.5. The predicted molar refractivity (Wildman–Crippen MR) is 142 cm³/mol. The zero-order valence-corrected chi connectivity index (χ0v) is 21.2. The van der Waals surface area contributed by atoms with Crippen LogP contribution in [0.1, 0.15) is 30.6 Å². The molecule has 35 heavy (non-hydrogen) atoms. The molecule has 0 aliphatic heterocycles. The van der Waals surface area contributed by atoms with E-state index >= 15 is 0 Å². The van der Waals surface area contributed by atoms with Gasteiger partial charge in [-0.05, 0) is 80.2 Å². The second-order valence-electron chi connectivity index (χ2n) is 7.89. The van der Waals surface area contributed by atoms with Crippen LogP contribution in [0, 0.1) is 0 Å². The average molecular weight is 510 g/mol. The SMILES string of the molecule is CC/C(C)=C/C=C\NCCS(=O)(=O)c1ccc(C(=O)Nc2ccc(Cl)c(-c3ccccn3)c2)cc1. The van der Waals surface area contributed by atoms with Crippen LogP contribution in [-0.2, 0) is 9.84 Å². The molecule has 3 aromatic rings. The highest BCUT2D eigenvalue weighted by Crippen LogP contribution is 2.29. The molecule has 0 radical (unpaired) electrons. The molecule has 6 nitrogen and oxygen atoms in total. The number of allylic oxidation sites excluding steroid dienone is 3. The molecular formula is C27H28ClN3O3S. The maximum Gasteiger partial charge on any atom is 0.255 e. The van der Waals surface area contributed by atoms with Crippen molar-refractivity contribution in [2.24, 2.45) is 0 Å². The normalized spacial score (nSPS) is 12.0. The number of carbonyl (C=O) groups excluding carboxylic acids is 1. The van der Waals surface area contributed by atoms with Gasteiger partial charge in [0.2, 0.25) is 0 Å². The largest absolute Gasteiger partial charge is 0.390 e. The quantitative estimate of drug-likeness (QED) is 0.263. The number of carbonyl (C=O) groups is 1. The third-order valence-electron chi connectivity index (χ3n) is 5.31. The van der Waals surface area contributed by atoms with Gasteiger partial charge in [-0.25, -0.2) is 8.42 Å². The molecule has 0 aliphatic rings. The first kappa shape index (κ1) is 26.2. The van der Waals surface area contributed by atoms with E-state index in [1.165, 1.54) is 29.8 Å². The molecule has 2 aromatic carbocycles. The Labute approximate surface area is 211 Å². The van der Waals surface area contributed by atoms with Gasteiger partial charge < -0.3 is 10.6 Å². The van der Waals surface area contributed by atoms with Crippen LogP contribution >= 0.6 is 11.6 Å². The lowest BCUT2D eigenvalue weighted by Gasteiger charge is -2.10. The Morgan fingerprint density at radius 1 is 1.09 bits per heavy atom. The summed E-state index contributed by atoms with van der Waals surface area (Å²) >= 11 is 6.30. The van der Waals surface area contributed by atoms with Crippen molar-refractivity contribution >= 4 is 33.0 Å². The second kappa shape index (κ2) is 12.3. The van der Waals surface area contributed by atoms with Crippen molar-refractivity contribution in [1.29, 1.82) is 0 Å². The van der Waals surface area contributed by atoms with Crippen molar-refractivity contribution in [2.75, 3.05) is 17.6 Å². The van der Waals surface area contributed by atoms with Crippen molar-refractivity contribution in [3.05, 3.63) is 101 Å². The van der Waals surface area contributed by atoms with Gasteiger partial charge in [0.25, 0.3) is 5.91 Å². The smallest absolute Gasteiger partial charge is 0.255 e. The summed E-state index contributed by atoms with van der Waals surface area (Å²) < 4.78 is 25.2. The van der Waals surface area contributed by atoms with E-state index in [0.29, 0.717) is 27.5 Å². The molecule has 0 saturated carbocycles. The number of nitrogens with zero attached hydrogens (tertiary/aromatic N) is 1. The Hall–Kier alpha value is -3.42. The minimum atomic E-state index is -3.48. The Balaban J connectivity index is 1.62. The molecule has 182 valence electrons. The second-order valence-corrected chi connectivity index (χ2v) is 10.4. The molecule has 0 atom stereocenters. The van der Waals surface area contributed by atoms with Gasteiger partial charge >= 0.3 is 0 Å². The summed E-state index contributed by atoms with van der Waals surface area (Å²) in [5, 5.41) is 6.33. The first-order valence-electron chi connectivity index (χ1n) is 11.2. The number of nitrogens with one attached hydrogen (secondary N) is 2. The Bertz CT molecular complexity index is 1320. The number of pyridine rings is 1. The Morgan fingerprint density at radius 3 is 2.54 bits per heavy atom. The number of hydrogen-bond acceptors (Lipinski definition) is 5. The molecule has 1 heterocycles. The molecule has 2 N–H and O–H groups in total. The maximum absolute atomic E-state index is 12.7. The maximum atomic E-state index is 12.7. The lowest BCUT2D eigenvalue weighted by Crippen LogP contribution is -2.19. The van der Waals surface area contributed by atoms with E-state index in [0.717, 1.165) is 6.42 Å². The fourth-order valence-electron chi connectivity index (χ4n) is 3.13. The van der Waals surface area contributed by atoms with Crippen LogP contribution in [0.25, 0.3) is 11.3 Å². The summed E-state index contributed by atoms with van der Waals surface area (Å²) in [5.74, 6) is -0.411. The molecule has 0 aliphatic carbocycles. The lowest BCUT2D eigenvalue weighted by atomic mass is 10.1. The van der Waals surface area contributed by atoms with Gasteiger partial charge in [-0.3, -0.25) is 9.78 Å². The van der Waals surface area contributed by atoms with Crippen molar-refractivity contribution in [2.45, 2.75) is 25.2 Å². The predicted octanol–water partition coefficient (Wildman–Crippen LogP) is 5.89. The number of aromatic nitrogens is 1. The molecule has 1 aromatic heterocycles. The number of anilines is 1.